The number of hydrogen-bond donors (Lipinski definition) is 2. The molecule has 1 aliphatic heterocycles. The second-order valence-electron chi connectivity index (χ2n) is 6.86. The van der Waals surface area contributed by atoms with Gasteiger partial charge in [0.25, 0.3) is 5.91 Å². The normalized spacial score (nSPS) is 15.3. The number of aryl methyl sites for hydroxylation is 2. The van der Waals surface area contributed by atoms with Crippen molar-refractivity contribution < 1.29 is 4.79 Å². The third-order valence-electron chi connectivity index (χ3n) is 4.89. The number of nitrogens with zero attached hydrogens (tertiary/aromatic N) is 2. The van der Waals surface area contributed by atoms with Gasteiger partial charge in [0.15, 0.2) is 5.13 Å². The molecule has 1 aromatic carbocycles. The van der Waals surface area contributed by atoms with Crippen LogP contribution < -0.4 is 10.6 Å². The third kappa shape index (κ3) is 3.48. The third-order valence-corrected chi connectivity index (χ3v) is 5.97. The predicted molar refractivity (Wildman–Crippen MR) is 106 cm³/mol. The van der Waals surface area contributed by atoms with E-state index in [-0.39, 0.29) is 5.91 Å². The van der Waals surface area contributed by atoms with Gasteiger partial charge in [-0.25, -0.2) is 4.98 Å². The molecule has 0 saturated carbocycles. The van der Waals surface area contributed by atoms with E-state index < -0.39 is 0 Å². The van der Waals surface area contributed by atoms with Gasteiger partial charge in [-0.3, -0.25) is 15.1 Å². The number of carbonyl (C=O) groups is 1. The molecule has 134 valence electrons. The van der Waals surface area contributed by atoms with Gasteiger partial charge in [-0.2, -0.15) is 0 Å². The molecule has 1 fully saturated rings. The van der Waals surface area contributed by atoms with Gasteiger partial charge in [-0.15, -0.1) is 11.3 Å². The van der Waals surface area contributed by atoms with Crippen LogP contribution in [0.15, 0.2) is 30.5 Å². The zero-order chi connectivity index (χ0) is 18.1. The highest BCUT2D eigenvalue weighted by molar-refractivity contribution is 7.15. The minimum absolute atomic E-state index is 0.149. The lowest BCUT2D eigenvalue weighted by Gasteiger charge is -2.20. The van der Waals surface area contributed by atoms with Gasteiger partial charge in [0, 0.05) is 16.5 Å². The molecule has 2 N–H and O–H groups in total. The summed E-state index contributed by atoms with van der Waals surface area (Å²) >= 11 is 1.58. The summed E-state index contributed by atoms with van der Waals surface area (Å²) in [5.74, 6) is 0.399. The molecule has 1 amide bonds. The number of hydrogen-bond acceptors (Lipinski definition) is 5. The Kier molecular flexibility index (Phi) is 4.70. The second-order valence-corrected chi connectivity index (χ2v) is 7.93. The maximum atomic E-state index is 12.8. The molecule has 0 spiro atoms. The first-order valence-corrected chi connectivity index (χ1v) is 9.77. The molecule has 1 saturated heterocycles. The molecule has 3 aromatic rings. The van der Waals surface area contributed by atoms with E-state index in [1.54, 1.807) is 11.3 Å². The maximum Gasteiger partial charge on any atom is 0.259 e. The van der Waals surface area contributed by atoms with E-state index in [1.807, 2.05) is 38.2 Å². The van der Waals surface area contributed by atoms with Gasteiger partial charge < -0.3 is 5.32 Å². The fraction of sp³-hybridized carbons (Fsp3) is 0.350. The second kappa shape index (κ2) is 7.13. The highest BCUT2D eigenvalue weighted by atomic mass is 32.1. The quantitative estimate of drug-likeness (QED) is 0.734. The van der Waals surface area contributed by atoms with Crippen LogP contribution in [0.5, 0.6) is 0 Å². The number of amides is 1. The van der Waals surface area contributed by atoms with Crippen LogP contribution in [0.1, 0.15) is 45.3 Å². The molecular weight excluding hydrogens is 344 g/mol. The molecular formula is C20H22N4OS. The number of fused-ring (bicyclic) bond motifs is 1. The van der Waals surface area contributed by atoms with Gasteiger partial charge in [0.1, 0.15) is 0 Å². The van der Waals surface area contributed by atoms with Gasteiger partial charge in [-0.1, -0.05) is 11.6 Å². The first-order valence-electron chi connectivity index (χ1n) is 8.96. The van der Waals surface area contributed by atoms with E-state index in [1.165, 1.54) is 4.88 Å². The summed E-state index contributed by atoms with van der Waals surface area (Å²) in [5, 5.41) is 7.97. The lowest BCUT2D eigenvalue weighted by molar-refractivity contribution is 0.102. The van der Waals surface area contributed by atoms with Gasteiger partial charge >= 0.3 is 0 Å². The first kappa shape index (κ1) is 17.1. The van der Waals surface area contributed by atoms with Crippen LogP contribution in [0.2, 0.25) is 0 Å². The Labute approximate surface area is 156 Å². The molecule has 3 heterocycles. The number of nitrogens with one attached hydrogen (secondary N) is 2. The summed E-state index contributed by atoms with van der Waals surface area (Å²) in [7, 11) is 0. The maximum absolute atomic E-state index is 12.8. The Morgan fingerprint density at radius 2 is 2.04 bits per heavy atom. The van der Waals surface area contributed by atoms with Crippen molar-refractivity contribution >= 4 is 33.3 Å². The molecule has 6 heteroatoms. The fourth-order valence-electron chi connectivity index (χ4n) is 3.43. The van der Waals surface area contributed by atoms with E-state index in [9.17, 15) is 4.79 Å². The monoisotopic (exact) mass is 366 g/mol. The lowest BCUT2D eigenvalue weighted by Crippen LogP contribution is -2.26. The van der Waals surface area contributed by atoms with E-state index in [0.717, 1.165) is 48.1 Å². The molecule has 5 nitrogen and oxygen atoms in total. The average Bonchev–Trinajstić information content (AvgIpc) is 3.10. The Bertz CT molecular complexity index is 960. The number of pyridine rings is 1. The summed E-state index contributed by atoms with van der Waals surface area (Å²) in [6.07, 6.45) is 4.16. The van der Waals surface area contributed by atoms with E-state index >= 15 is 0 Å². The SMILES string of the molecule is Cc1ccc2nc(C)c(C(=O)Nc3ncc(C4CCNCC4)s3)cc2c1. The van der Waals surface area contributed by atoms with Crippen LogP contribution >= 0.6 is 11.3 Å². The van der Waals surface area contributed by atoms with Gasteiger partial charge in [0.2, 0.25) is 0 Å². The lowest BCUT2D eigenvalue weighted by atomic mass is 9.97. The van der Waals surface area contributed by atoms with Crippen LogP contribution in [-0.4, -0.2) is 29.0 Å². The van der Waals surface area contributed by atoms with E-state index in [4.69, 9.17) is 0 Å². The molecule has 0 atom stereocenters. The van der Waals surface area contributed by atoms with Crippen LogP contribution in [0.3, 0.4) is 0 Å². The summed E-state index contributed by atoms with van der Waals surface area (Å²) in [6, 6.07) is 8.00. The van der Waals surface area contributed by atoms with Crippen molar-refractivity contribution in [3.63, 3.8) is 0 Å². The number of carbonyl (C=O) groups excluding carboxylic acids is 1. The average molecular weight is 366 g/mol. The molecule has 0 radical (unpaired) electrons. The Morgan fingerprint density at radius 3 is 2.85 bits per heavy atom. The number of rotatable bonds is 3. The van der Waals surface area contributed by atoms with Crippen molar-refractivity contribution in [3.05, 3.63) is 52.2 Å². The van der Waals surface area contributed by atoms with Gasteiger partial charge in [-0.05, 0) is 63.9 Å². The summed E-state index contributed by atoms with van der Waals surface area (Å²) in [6.45, 7) is 6.00. The molecule has 0 bridgehead atoms. The van der Waals surface area contributed by atoms with Crippen LogP contribution in [0.25, 0.3) is 10.9 Å². The highest BCUT2D eigenvalue weighted by Gasteiger charge is 2.19. The van der Waals surface area contributed by atoms with Crippen LogP contribution in [0, 0.1) is 13.8 Å². The molecule has 0 unspecified atom stereocenters. The minimum Gasteiger partial charge on any atom is -0.317 e. The van der Waals surface area contributed by atoms with Crippen molar-refractivity contribution in [2.75, 3.05) is 18.4 Å². The fourth-order valence-corrected chi connectivity index (χ4v) is 4.41. The van der Waals surface area contributed by atoms with Crippen molar-refractivity contribution in [3.8, 4) is 0 Å². The van der Waals surface area contributed by atoms with Crippen LogP contribution in [0.4, 0.5) is 5.13 Å². The van der Waals surface area contributed by atoms with Crippen molar-refractivity contribution in [2.45, 2.75) is 32.6 Å². The molecule has 4 rings (SSSR count). The van der Waals surface area contributed by atoms with Crippen molar-refractivity contribution in [1.82, 2.24) is 15.3 Å². The smallest absolute Gasteiger partial charge is 0.259 e. The minimum atomic E-state index is -0.149. The zero-order valence-electron chi connectivity index (χ0n) is 15.0. The Balaban J connectivity index is 1.55. The van der Waals surface area contributed by atoms with E-state index in [2.05, 4.69) is 26.7 Å². The number of thiazole rings is 1. The van der Waals surface area contributed by atoms with Crippen LogP contribution in [-0.2, 0) is 0 Å². The topological polar surface area (TPSA) is 66.9 Å². The summed E-state index contributed by atoms with van der Waals surface area (Å²) in [5.41, 5.74) is 3.39. The Hall–Kier alpha value is -2.31. The van der Waals surface area contributed by atoms with Crippen molar-refractivity contribution in [1.29, 1.82) is 0 Å². The summed E-state index contributed by atoms with van der Waals surface area (Å²) in [4.78, 5) is 23.0. The molecule has 1 aliphatic rings. The predicted octanol–water partition coefficient (Wildman–Crippen LogP) is 4.03. The molecule has 2 aromatic heterocycles. The number of aromatic nitrogens is 2. The highest BCUT2D eigenvalue weighted by Crippen LogP contribution is 2.32. The van der Waals surface area contributed by atoms with E-state index in [0.29, 0.717) is 16.6 Å². The Morgan fingerprint density at radius 1 is 1.23 bits per heavy atom. The molecule has 26 heavy (non-hydrogen) atoms. The van der Waals surface area contributed by atoms with Gasteiger partial charge in [0.05, 0.1) is 16.8 Å². The summed E-state index contributed by atoms with van der Waals surface area (Å²) < 4.78 is 0. The molecule has 0 aliphatic carbocycles. The van der Waals surface area contributed by atoms with Crippen molar-refractivity contribution in [2.24, 2.45) is 0 Å². The first-order chi connectivity index (χ1) is 12.6. The number of piperidine rings is 1. The zero-order valence-corrected chi connectivity index (χ0v) is 15.8. The standard InChI is InChI=1S/C20H22N4OS/c1-12-3-4-17-15(9-12)10-16(13(2)23-17)19(25)24-20-22-11-18(26-20)14-5-7-21-8-6-14/h3-4,9-11,14,21H,5-8H2,1-2H3,(H,22,24,25). The number of anilines is 1. The largest absolute Gasteiger partial charge is 0.317 e. The number of benzene rings is 1.